The Labute approximate surface area is 111 Å². The van der Waals surface area contributed by atoms with Crippen molar-refractivity contribution in [1.82, 2.24) is 4.83 Å². The Balaban J connectivity index is 3.09. The van der Waals surface area contributed by atoms with Crippen molar-refractivity contribution in [3.8, 4) is 0 Å². The molecule has 0 fully saturated rings. The molecule has 0 saturated carbocycles. The van der Waals surface area contributed by atoms with E-state index in [-0.39, 0.29) is 0 Å². The minimum atomic E-state index is -2.06. The van der Waals surface area contributed by atoms with Gasteiger partial charge in [0.05, 0.1) is 5.69 Å². The van der Waals surface area contributed by atoms with E-state index < -0.39 is 11.3 Å². The second kappa shape index (κ2) is 6.84. The monoisotopic (exact) mass is 271 g/mol. The summed E-state index contributed by atoms with van der Waals surface area (Å²) in [5, 5.41) is 1.67. The van der Waals surface area contributed by atoms with E-state index >= 15 is 0 Å². The van der Waals surface area contributed by atoms with Crippen LogP contribution in [0.5, 0.6) is 0 Å². The molecule has 18 heavy (non-hydrogen) atoms. The third-order valence-electron chi connectivity index (χ3n) is 3.08. The highest BCUT2D eigenvalue weighted by Gasteiger charge is 2.12. The molecule has 0 bridgehead atoms. The van der Waals surface area contributed by atoms with Gasteiger partial charge in [0.25, 0.3) is 11.3 Å². The van der Waals surface area contributed by atoms with Crippen LogP contribution in [0.4, 0.5) is 5.69 Å². The maximum atomic E-state index is 10.8. The number of nitrogens with two attached hydrogens (primary N) is 1. The normalized spacial score (nSPS) is 12.5. The zero-order valence-electron chi connectivity index (χ0n) is 11.1. The van der Waals surface area contributed by atoms with E-state index in [0.29, 0.717) is 13.1 Å². The number of hydrazine groups is 1. The van der Waals surface area contributed by atoms with Crippen molar-refractivity contribution in [3.63, 3.8) is 0 Å². The predicted octanol–water partition coefficient (Wildman–Crippen LogP) is 1.27. The molecular weight excluding hydrogens is 250 g/mol. The van der Waals surface area contributed by atoms with Crippen molar-refractivity contribution in [1.29, 1.82) is 0 Å². The average molecular weight is 271 g/mol. The van der Waals surface area contributed by atoms with Gasteiger partial charge in [0.15, 0.2) is 0 Å². The van der Waals surface area contributed by atoms with Crippen LogP contribution in [0.15, 0.2) is 12.1 Å². The molecule has 1 rings (SSSR count). The number of hydrogen-bond donors (Lipinski definition) is 3. The summed E-state index contributed by atoms with van der Waals surface area (Å²) < 4.78 is 19.8. The molecule has 0 spiro atoms. The van der Waals surface area contributed by atoms with Gasteiger partial charge >= 0.3 is 0 Å². The zero-order valence-corrected chi connectivity index (χ0v) is 11.9. The standard InChI is InChI=1S/C12H21N3O2S/c1-4-15(14-18(16)17)12-6-5-11(7-8-13)9(2)10(12)3/h5-6,14H,4,7-8,13H2,1-3H3,(H,16,17). The van der Waals surface area contributed by atoms with Gasteiger partial charge in [0.2, 0.25) is 0 Å². The molecule has 4 N–H and O–H groups in total. The predicted molar refractivity (Wildman–Crippen MR) is 75.6 cm³/mol. The quantitative estimate of drug-likeness (QED) is 0.538. The van der Waals surface area contributed by atoms with Crippen LogP contribution in [-0.4, -0.2) is 21.9 Å². The van der Waals surface area contributed by atoms with Gasteiger partial charge in [0, 0.05) is 6.54 Å². The van der Waals surface area contributed by atoms with Gasteiger partial charge in [-0.15, -0.1) is 4.83 Å². The maximum absolute atomic E-state index is 10.8. The van der Waals surface area contributed by atoms with Gasteiger partial charge in [-0.25, -0.2) is 4.21 Å². The largest absolute Gasteiger partial charge is 0.330 e. The second-order valence-electron chi connectivity index (χ2n) is 4.12. The molecule has 0 radical (unpaired) electrons. The van der Waals surface area contributed by atoms with Crippen LogP contribution in [0.3, 0.4) is 0 Å². The molecule has 1 aromatic carbocycles. The Bertz CT molecular complexity index is 438. The Kier molecular flexibility index (Phi) is 5.74. The maximum Gasteiger partial charge on any atom is 0.250 e. The van der Waals surface area contributed by atoms with Crippen molar-refractivity contribution >= 4 is 17.0 Å². The minimum Gasteiger partial charge on any atom is -0.330 e. The Morgan fingerprint density at radius 1 is 1.39 bits per heavy atom. The third-order valence-corrected chi connectivity index (χ3v) is 3.46. The lowest BCUT2D eigenvalue weighted by Crippen LogP contribution is -2.39. The lowest BCUT2D eigenvalue weighted by atomic mass is 9.99. The summed E-state index contributed by atoms with van der Waals surface area (Å²) in [5.41, 5.74) is 9.99. The number of benzene rings is 1. The number of nitrogens with one attached hydrogen (secondary N) is 1. The fraction of sp³-hybridized carbons (Fsp3) is 0.500. The van der Waals surface area contributed by atoms with Crippen LogP contribution in [0.25, 0.3) is 0 Å². The van der Waals surface area contributed by atoms with Gasteiger partial charge in [-0.2, -0.15) is 0 Å². The minimum absolute atomic E-state index is 0.600. The zero-order chi connectivity index (χ0) is 13.7. The fourth-order valence-electron chi connectivity index (χ4n) is 1.96. The van der Waals surface area contributed by atoms with Crippen LogP contribution in [0, 0.1) is 13.8 Å². The molecule has 0 aliphatic heterocycles. The third kappa shape index (κ3) is 3.52. The van der Waals surface area contributed by atoms with E-state index in [2.05, 4.69) is 4.83 Å². The molecule has 0 aliphatic carbocycles. The highest BCUT2D eigenvalue weighted by atomic mass is 32.2. The average Bonchev–Trinajstić information content (AvgIpc) is 2.33. The van der Waals surface area contributed by atoms with Crippen LogP contribution in [0.1, 0.15) is 23.6 Å². The second-order valence-corrected chi connectivity index (χ2v) is 4.80. The summed E-state index contributed by atoms with van der Waals surface area (Å²) >= 11 is -2.06. The van der Waals surface area contributed by atoms with Crippen molar-refractivity contribution in [3.05, 3.63) is 28.8 Å². The van der Waals surface area contributed by atoms with Gasteiger partial charge in [-0.3, -0.25) is 9.56 Å². The first-order chi connectivity index (χ1) is 8.51. The summed E-state index contributed by atoms with van der Waals surface area (Å²) in [6.07, 6.45) is 0.846. The lowest BCUT2D eigenvalue weighted by molar-refractivity contribution is 0.544. The Hall–Kier alpha value is -0.950. The number of hydrogen-bond acceptors (Lipinski definition) is 3. The van der Waals surface area contributed by atoms with Gasteiger partial charge in [-0.05, 0) is 56.5 Å². The molecule has 102 valence electrons. The van der Waals surface area contributed by atoms with E-state index in [4.69, 9.17) is 10.3 Å². The summed E-state index contributed by atoms with van der Waals surface area (Å²) in [6.45, 7) is 7.20. The van der Waals surface area contributed by atoms with E-state index in [0.717, 1.165) is 17.7 Å². The van der Waals surface area contributed by atoms with Crippen molar-refractivity contribution < 1.29 is 8.76 Å². The summed E-state index contributed by atoms with van der Waals surface area (Å²) in [6, 6.07) is 3.98. The van der Waals surface area contributed by atoms with E-state index in [1.807, 2.05) is 32.9 Å². The molecule has 1 aromatic rings. The van der Waals surface area contributed by atoms with E-state index in [1.165, 1.54) is 11.1 Å². The SMILES string of the molecule is CCN(NS(=O)O)c1ccc(CCN)c(C)c1C. The van der Waals surface area contributed by atoms with E-state index in [1.54, 1.807) is 5.01 Å². The van der Waals surface area contributed by atoms with Gasteiger partial charge in [-0.1, -0.05) is 6.07 Å². The first-order valence-corrected chi connectivity index (χ1v) is 7.05. The van der Waals surface area contributed by atoms with Crippen LogP contribution < -0.4 is 15.6 Å². The molecule has 0 saturated heterocycles. The molecule has 6 heteroatoms. The first-order valence-electron chi connectivity index (χ1n) is 5.95. The van der Waals surface area contributed by atoms with Crippen molar-refractivity contribution in [2.75, 3.05) is 18.1 Å². The Morgan fingerprint density at radius 3 is 2.56 bits per heavy atom. The molecule has 0 aromatic heterocycles. The number of rotatable bonds is 6. The molecule has 0 heterocycles. The van der Waals surface area contributed by atoms with Crippen LogP contribution >= 0.6 is 0 Å². The van der Waals surface area contributed by atoms with Crippen molar-refractivity contribution in [2.45, 2.75) is 27.2 Å². The molecular formula is C12H21N3O2S. The lowest BCUT2D eigenvalue weighted by Gasteiger charge is -2.25. The van der Waals surface area contributed by atoms with Gasteiger partial charge in [0.1, 0.15) is 0 Å². The molecule has 1 unspecified atom stereocenters. The highest BCUT2D eigenvalue weighted by molar-refractivity contribution is 7.77. The van der Waals surface area contributed by atoms with Crippen LogP contribution in [-0.2, 0) is 17.7 Å². The van der Waals surface area contributed by atoms with Crippen molar-refractivity contribution in [2.24, 2.45) is 5.73 Å². The highest BCUT2D eigenvalue weighted by Crippen LogP contribution is 2.25. The summed E-state index contributed by atoms with van der Waals surface area (Å²) in [7, 11) is 0. The van der Waals surface area contributed by atoms with E-state index in [9.17, 15) is 4.21 Å². The molecule has 1 atom stereocenters. The van der Waals surface area contributed by atoms with Gasteiger partial charge < -0.3 is 5.73 Å². The Morgan fingerprint density at radius 2 is 2.06 bits per heavy atom. The fourth-order valence-corrected chi connectivity index (χ4v) is 2.38. The topological polar surface area (TPSA) is 78.6 Å². The number of nitrogens with zero attached hydrogens (tertiary/aromatic N) is 1. The number of anilines is 1. The molecule has 0 aliphatic rings. The summed E-state index contributed by atoms with van der Waals surface area (Å²) in [5.74, 6) is 0. The molecule has 5 nitrogen and oxygen atoms in total. The molecule has 0 amide bonds. The van der Waals surface area contributed by atoms with Crippen LogP contribution in [0.2, 0.25) is 0 Å². The summed E-state index contributed by atoms with van der Waals surface area (Å²) in [4.78, 5) is 2.50. The smallest absolute Gasteiger partial charge is 0.250 e. The first kappa shape index (κ1) is 15.1.